The summed E-state index contributed by atoms with van der Waals surface area (Å²) in [6.45, 7) is 5.71. The number of hydrogen-bond acceptors (Lipinski definition) is 5. The van der Waals surface area contributed by atoms with E-state index in [1.54, 1.807) is 11.3 Å². The maximum absolute atomic E-state index is 9.73. The standard InChI is InChI=1S/C14H20N4OS/c1-10-7-16-4-2-3-11(16)8-18(10)13-12(9-19)17-5-6-20-14(17)15-13/h5-6,10-11,19H,2-4,7-9H2,1H3. The molecule has 20 heavy (non-hydrogen) atoms. The fourth-order valence-electron chi connectivity index (χ4n) is 3.68. The Labute approximate surface area is 122 Å². The highest BCUT2D eigenvalue weighted by atomic mass is 32.1. The molecule has 0 bridgehead atoms. The number of hydrogen-bond donors (Lipinski definition) is 1. The van der Waals surface area contributed by atoms with Gasteiger partial charge in [-0.1, -0.05) is 0 Å². The van der Waals surface area contributed by atoms with Gasteiger partial charge >= 0.3 is 0 Å². The third-order valence-corrected chi connectivity index (χ3v) is 5.46. The lowest BCUT2D eigenvalue weighted by Crippen LogP contribution is -2.55. The van der Waals surface area contributed by atoms with E-state index >= 15 is 0 Å². The predicted octanol–water partition coefficient (Wildman–Crippen LogP) is 1.56. The Morgan fingerprint density at radius 3 is 3.20 bits per heavy atom. The largest absolute Gasteiger partial charge is 0.390 e. The van der Waals surface area contributed by atoms with Crippen LogP contribution in [0.25, 0.3) is 4.96 Å². The van der Waals surface area contributed by atoms with Gasteiger partial charge in [-0.2, -0.15) is 0 Å². The van der Waals surface area contributed by atoms with Gasteiger partial charge in [-0.05, 0) is 26.3 Å². The number of nitrogens with zero attached hydrogens (tertiary/aromatic N) is 4. The van der Waals surface area contributed by atoms with E-state index in [1.807, 2.05) is 16.0 Å². The first-order valence-corrected chi connectivity index (χ1v) is 8.22. The van der Waals surface area contributed by atoms with Crippen LogP contribution in [0.2, 0.25) is 0 Å². The summed E-state index contributed by atoms with van der Waals surface area (Å²) in [5, 5.41) is 11.8. The van der Waals surface area contributed by atoms with Crippen molar-refractivity contribution in [2.75, 3.05) is 24.5 Å². The summed E-state index contributed by atoms with van der Waals surface area (Å²) < 4.78 is 2.02. The molecule has 4 rings (SSSR count). The molecule has 2 aliphatic rings. The minimum absolute atomic E-state index is 0.0465. The highest BCUT2D eigenvalue weighted by Crippen LogP contribution is 2.31. The maximum atomic E-state index is 9.73. The molecular weight excluding hydrogens is 272 g/mol. The Hall–Kier alpha value is -1.11. The number of fused-ring (bicyclic) bond motifs is 2. The molecule has 2 atom stereocenters. The molecule has 108 valence electrons. The van der Waals surface area contributed by atoms with Crippen LogP contribution < -0.4 is 4.90 Å². The van der Waals surface area contributed by atoms with E-state index in [9.17, 15) is 5.11 Å². The molecule has 1 N–H and O–H groups in total. The topological polar surface area (TPSA) is 44.0 Å². The summed E-state index contributed by atoms with van der Waals surface area (Å²) in [6.07, 6.45) is 4.61. The van der Waals surface area contributed by atoms with Crippen molar-refractivity contribution in [3.63, 3.8) is 0 Å². The molecule has 4 heterocycles. The van der Waals surface area contributed by atoms with Crippen LogP contribution in [-0.2, 0) is 6.61 Å². The molecule has 0 aromatic carbocycles. The van der Waals surface area contributed by atoms with Crippen molar-refractivity contribution >= 4 is 22.1 Å². The SMILES string of the molecule is CC1CN2CCCC2CN1c1nc2sccn2c1CO. The molecule has 0 amide bonds. The number of aliphatic hydroxyl groups excluding tert-OH is 1. The van der Waals surface area contributed by atoms with Crippen molar-refractivity contribution in [2.24, 2.45) is 0 Å². The molecule has 6 heteroatoms. The van der Waals surface area contributed by atoms with Crippen LogP contribution in [0, 0.1) is 0 Å². The monoisotopic (exact) mass is 292 g/mol. The van der Waals surface area contributed by atoms with Gasteiger partial charge in [0.25, 0.3) is 0 Å². The summed E-state index contributed by atoms with van der Waals surface area (Å²) in [7, 11) is 0. The fourth-order valence-corrected chi connectivity index (χ4v) is 4.41. The number of anilines is 1. The zero-order valence-electron chi connectivity index (χ0n) is 11.7. The van der Waals surface area contributed by atoms with Gasteiger partial charge in [0.1, 0.15) is 0 Å². The molecule has 2 aromatic rings. The molecule has 2 aromatic heterocycles. The van der Waals surface area contributed by atoms with Crippen LogP contribution >= 0.6 is 11.3 Å². The quantitative estimate of drug-likeness (QED) is 0.912. The van der Waals surface area contributed by atoms with E-state index in [0.717, 1.165) is 29.6 Å². The number of thiazole rings is 1. The summed E-state index contributed by atoms with van der Waals surface area (Å²) in [6, 6.07) is 1.12. The molecular formula is C14H20N4OS. The number of aliphatic hydroxyl groups is 1. The predicted molar refractivity (Wildman–Crippen MR) is 80.4 cm³/mol. The van der Waals surface area contributed by atoms with Gasteiger partial charge < -0.3 is 10.0 Å². The first kappa shape index (κ1) is 12.6. The van der Waals surface area contributed by atoms with Crippen molar-refractivity contribution in [3.05, 3.63) is 17.3 Å². The maximum Gasteiger partial charge on any atom is 0.195 e. The second kappa shape index (κ2) is 4.72. The van der Waals surface area contributed by atoms with Crippen molar-refractivity contribution < 1.29 is 5.11 Å². The van der Waals surface area contributed by atoms with Crippen molar-refractivity contribution in [1.29, 1.82) is 0 Å². The number of aromatic nitrogens is 2. The van der Waals surface area contributed by atoms with Gasteiger partial charge in [0, 0.05) is 36.8 Å². The Morgan fingerprint density at radius 1 is 1.45 bits per heavy atom. The molecule has 0 aliphatic carbocycles. The van der Waals surface area contributed by atoms with Crippen LogP contribution in [0.1, 0.15) is 25.5 Å². The van der Waals surface area contributed by atoms with Gasteiger partial charge in [-0.25, -0.2) is 4.98 Å². The Kier molecular flexibility index (Phi) is 2.98. The smallest absolute Gasteiger partial charge is 0.195 e. The second-order valence-corrected chi connectivity index (χ2v) is 6.76. The van der Waals surface area contributed by atoms with Crippen molar-refractivity contribution in [3.8, 4) is 0 Å². The van der Waals surface area contributed by atoms with Gasteiger partial charge in [0.05, 0.1) is 12.3 Å². The van der Waals surface area contributed by atoms with Gasteiger partial charge in [-0.3, -0.25) is 9.30 Å². The second-order valence-electron chi connectivity index (χ2n) is 5.89. The van der Waals surface area contributed by atoms with E-state index < -0.39 is 0 Å². The Morgan fingerprint density at radius 2 is 2.35 bits per heavy atom. The first-order chi connectivity index (χ1) is 9.78. The van der Waals surface area contributed by atoms with Gasteiger partial charge in [0.15, 0.2) is 10.8 Å². The number of imidazole rings is 1. The molecule has 2 unspecified atom stereocenters. The van der Waals surface area contributed by atoms with Crippen molar-refractivity contribution in [1.82, 2.24) is 14.3 Å². The molecule has 2 fully saturated rings. The third-order valence-electron chi connectivity index (χ3n) is 4.70. The number of rotatable bonds is 2. The summed E-state index contributed by atoms with van der Waals surface area (Å²) >= 11 is 1.63. The molecule has 0 saturated carbocycles. The summed E-state index contributed by atoms with van der Waals surface area (Å²) in [5.41, 5.74) is 0.930. The average molecular weight is 292 g/mol. The van der Waals surface area contributed by atoms with E-state index in [0.29, 0.717) is 12.1 Å². The van der Waals surface area contributed by atoms with E-state index in [4.69, 9.17) is 4.98 Å². The lowest BCUT2D eigenvalue weighted by molar-refractivity contribution is 0.201. The lowest BCUT2D eigenvalue weighted by Gasteiger charge is -2.42. The van der Waals surface area contributed by atoms with Crippen molar-refractivity contribution in [2.45, 2.75) is 38.5 Å². The normalized spacial score (nSPS) is 27.4. The highest BCUT2D eigenvalue weighted by Gasteiger charge is 2.36. The van der Waals surface area contributed by atoms with Gasteiger partial charge in [-0.15, -0.1) is 11.3 Å². The molecule has 0 radical (unpaired) electrons. The zero-order chi connectivity index (χ0) is 13.7. The minimum Gasteiger partial charge on any atom is -0.390 e. The van der Waals surface area contributed by atoms with E-state index in [2.05, 4.69) is 16.7 Å². The van der Waals surface area contributed by atoms with Crippen LogP contribution in [0.4, 0.5) is 5.82 Å². The molecule has 0 spiro atoms. The zero-order valence-corrected chi connectivity index (χ0v) is 12.5. The van der Waals surface area contributed by atoms with Crippen LogP contribution in [0.3, 0.4) is 0 Å². The Balaban J connectivity index is 1.72. The van der Waals surface area contributed by atoms with Crippen LogP contribution in [-0.4, -0.2) is 51.1 Å². The molecule has 5 nitrogen and oxygen atoms in total. The summed E-state index contributed by atoms with van der Waals surface area (Å²) in [4.78, 5) is 10.7. The fraction of sp³-hybridized carbons (Fsp3) is 0.643. The van der Waals surface area contributed by atoms with Crippen LogP contribution in [0.5, 0.6) is 0 Å². The lowest BCUT2D eigenvalue weighted by atomic mass is 10.1. The molecule has 2 saturated heterocycles. The van der Waals surface area contributed by atoms with E-state index in [-0.39, 0.29) is 6.61 Å². The molecule has 2 aliphatic heterocycles. The van der Waals surface area contributed by atoms with Gasteiger partial charge in [0.2, 0.25) is 0 Å². The average Bonchev–Trinajstić information content (AvgIpc) is 3.10. The Bertz CT molecular complexity index is 622. The van der Waals surface area contributed by atoms with Crippen LogP contribution in [0.15, 0.2) is 11.6 Å². The minimum atomic E-state index is 0.0465. The van der Waals surface area contributed by atoms with E-state index in [1.165, 1.54) is 19.4 Å². The number of piperazine rings is 1. The highest BCUT2D eigenvalue weighted by molar-refractivity contribution is 7.15. The third kappa shape index (κ3) is 1.78. The first-order valence-electron chi connectivity index (χ1n) is 7.34. The summed E-state index contributed by atoms with van der Waals surface area (Å²) in [5.74, 6) is 0.985.